The van der Waals surface area contributed by atoms with Gasteiger partial charge in [0.1, 0.15) is 0 Å². The molecule has 0 spiro atoms. The Labute approximate surface area is 100.0 Å². The van der Waals surface area contributed by atoms with Gasteiger partial charge in [-0.1, -0.05) is 6.42 Å². The molecule has 2 heterocycles. The molecule has 2 saturated heterocycles. The Bertz CT molecular complexity index is 241. The van der Waals surface area contributed by atoms with E-state index in [2.05, 4.69) is 30.7 Å². The van der Waals surface area contributed by atoms with Gasteiger partial charge in [0.25, 0.3) is 0 Å². The molecule has 3 nitrogen and oxygen atoms in total. The molecule has 0 aliphatic carbocycles. The topological polar surface area (TPSA) is 32.5 Å². The van der Waals surface area contributed by atoms with Gasteiger partial charge in [0.15, 0.2) is 0 Å². The zero-order chi connectivity index (χ0) is 11.8. The van der Waals surface area contributed by atoms with Crippen molar-refractivity contribution in [3.63, 3.8) is 0 Å². The van der Waals surface area contributed by atoms with E-state index in [1.807, 2.05) is 0 Å². The van der Waals surface area contributed by atoms with Gasteiger partial charge in [-0.3, -0.25) is 9.80 Å². The van der Waals surface area contributed by atoms with E-state index in [1.165, 1.54) is 38.8 Å². The molecule has 2 atom stereocenters. The maximum Gasteiger partial charge on any atom is 0.0498 e. The highest BCUT2D eigenvalue weighted by Crippen LogP contribution is 2.38. The lowest BCUT2D eigenvalue weighted by atomic mass is 9.83. The third-order valence-electron chi connectivity index (χ3n) is 4.90. The fourth-order valence-electron chi connectivity index (χ4n) is 3.68. The first-order valence-corrected chi connectivity index (χ1v) is 6.79. The number of nitrogens with zero attached hydrogens (tertiary/aromatic N) is 2. The lowest BCUT2D eigenvalue weighted by molar-refractivity contribution is 0.0365. The van der Waals surface area contributed by atoms with E-state index < -0.39 is 0 Å². The third-order valence-corrected chi connectivity index (χ3v) is 4.90. The number of nitrogens with two attached hydrogens (primary N) is 1. The Morgan fingerprint density at radius 2 is 2.12 bits per heavy atom. The molecule has 16 heavy (non-hydrogen) atoms. The fraction of sp³-hybridized carbons (Fsp3) is 1.00. The molecule has 0 radical (unpaired) electrons. The summed E-state index contributed by atoms with van der Waals surface area (Å²) in [4.78, 5) is 5.21. The summed E-state index contributed by atoms with van der Waals surface area (Å²) in [5, 5.41) is 0. The summed E-state index contributed by atoms with van der Waals surface area (Å²) in [6.45, 7) is 7.91. The molecule has 0 aromatic heterocycles. The van der Waals surface area contributed by atoms with Gasteiger partial charge in [0, 0.05) is 30.7 Å². The number of rotatable bonds is 3. The lowest BCUT2D eigenvalue weighted by Gasteiger charge is -2.47. The molecule has 0 aromatic carbocycles. The van der Waals surface area contributed by atoms with Crippen LogP contribution in [0, 0.1) is 0 Å². The van der Waals surface area contributed by atoms with E-state index >= 15 is 0 Å². The minimum atomic E-state index is 0.245. The zero-order valence-electron chi connectivity index (χ0n) is 11.1. The third kappa shape index (κ3) is 1.79. The van der Waals surface area contributed by atoms with Crippen LogP contribution < -0.4 is 5.73 Å². The average Bonchev–Trinajstić information content (AvgIpc) is 2.68. The Morgan fingerprint density at radius 1 is 1.38 bits per heavy atom. The van der Waals surface area contributed by atoms with Crippen molar-refractivity contribution in [3.05, 3.63) is 0 Å². The van der Waals surface area contributed by atoms with Gasteiger partial charge in [-0.25, -0.2) is 0 Å². The van der Waals surface area contributed by atoms with Gasteiger partial charge in [-0.15, -0.1) is 0 Å². The summed E-state index contributed by atoms with van der Waals surface area (Å²) in [6.07, 6.45) is 5.36. The van der Waals surface area contributed by atoms with Crippen LogP contribution in [0.2, 0.25) is 0 Å². The fourth-order valence-corrected chi connectivity index (χ4v) is 3.68. The molecule has 2 fully saturated rings. The number of hydrogen-bond acceptors (Lipinski definition) is 3. The smallest absolute Gasteiger partial charge is 0.0498 e. The predicted molar refractivity (Wildman–Crippen MR) is 68.5 cm³/mol. The number of hydrogen-bond donors (Lipinski definition) is 1. The van der Waals surface area contributed by atoms with Crippen LogP contribution in [-0.4, -0.2) is 54.1 Å². The van der Waals surface area contributed by atoms with Gasteiger partial charge in [0.05, 0.1) is 0 Å². The Balaban J connectivity index is 2.20. The summed E-state index contributed by atoms with van der Waals surface area (Å²) < 4.78 is 0. The molecule has 2 unspecified atom stereocenters. The van der Waals surface area contributed by atoms with E-state index in [9.17, 15) is 0 Å². The van der Waals surface area contributed by atoms with E-state index in [1.54, 1.807) is 0 Å². The van der Waals surface area contributed by atoms with Gasteiger partial charge < -0.3 is 5.73 Å². The quantitative estimate of drug-likeness (QED) is 0.785. The highest BCUT2D eigenvalue weighted by molar-refractivity contribution is 5.08. The SMILES string of the molecule is CC(C)N(C)C1(CN)CCN2CCCCC21. The van der Waals surface area contributed by atoms with Crippen LogP contribution in [0.5, 0.6) is 0 Å². The molecule has 2 aliphatic heterocycles. The standard InChI is InChI=1S/C13H27N3/c1-11(2)15(3)13(10-14)7-9-16-8-5-4-6-12(13)16/h11-12H,4-10,14H2,1-3H3. The number of piperidine rings is 1. The monoisotopic (exact) mass is 225 g/mol. The largest absolute Gasteiger partial charge is 0.329 e. The second kappa shape index (κ2) is 4.63. The van der Waals surface area contributed by atoms with Crippen molar-refractivity contribution in [1.82, 2.24) is 9.80 Å². The van der Waals surface area contributed by atoms with Crippen LogP contribution in [0.4, 0.5) is 0 Å². The molecule has 0 amide bonds. The minimum Gasteiger partial charge on any atom is -0.329 e. The highest BCUT2D eigenvalue weighted by Gasteiger charge is 2.49. The summed E-state index contributed by atoms with van der Waals surface area (Å²) >= 11 is 0. The maximum atomic E-state index is 6.15. The molecule has 0 bridgehead atoms. The zero-order valence-corrected chi connectivity index (χ0v) is 11.1. The number of fused-ring (bicyclic) bond motifs is 1. The highest BCUT2D eigenvalue weighted by atomic mass is 15.3. The summed E-state index contributed by atoms with van der Waals surface area (Å²) in [7, 11) is 2.26. The van der Waals surface area contributed by atoms with Crippen molar-refractivity contribution in [3.8, 4) is 0 Å². The van der Waals surface area contributed by atoms with Crippen LogP contribution in [0.3, 0.4) is 0 Å². The van der Waals surface area contributed by atoms with E-state index in [0.29, 0.717) is 12.1 Å². The molecule has 2 rings (SSSR count). The Hall–Kier alpha value is -0.120. The van der Waals surface area contributed by atoms with Gasteiger partial charge >= 0.3 is 0 Å². The van der Waals surface area contributed by atoms with Crippen molar-refractivity contribution >= 4 is 0 Å². The van der Waals surface area contributed by atoms with E-state index in [-0.39, 0.29) is 5.54 Å². The van der Waals surface area contributed by atoms with Crippen LogP contribution in [-0.2, 0) is 0 Å². The maximum absolute atomic E-state index is 6.15. The van der Waals surface area contributed by atoms with Crippen molar-refractivity contribution in [2.24, 2.45) is 5.73 Å². The van der Waals surface area contributed by atoms with Gasteiger partial charge in [0.2, 0.25) is 0 Å². The van der Waals surface area contributed by atoms with Gasteiger partial charge in [-0.05, 0) is 46.7 Å². The van der Waals surface area contributed by atoms with E-state index in [0.717, 1.165) is 6.54 Å². The lowest BCUT2D eigenvalue weighted by Crippen LogP contribution is -2.62. The molecule has 2 aliphatic rings. The van der Waals surface area contributed by atoms with E-state index in [4.69, 9.17) is 5.73 Å². The Morgan fingerprint density at radius 3 is 2.75 bits per heavy atom. The minimum absolute atomic E-state index is 0.245. The second-order valence-corrected chi connectivity index (χ2v) is 5.81. The van der Waals surface area contributed by atoms with Crippen LogP contribution in [0.15, 0.2) is 0 Å². The second-order valence-electron chi connectivity index (χ2n) is 5.81. The summed E-state index contributed by atoms with van der Waals surface area (Å²) in [6, 6.07) is 1.30. The molecule has 0 aromatic rings. The normalized spacial score (nSPS) is 36.0. The van der Waals surface area contributed by atoms with Crippen molar-refractivity contribution < 1.29 is 0 Å². The molecule has 3 heteroatoms. The molecule has 94 valence electrons. The Kier molecular flexibility index (Phi) is 3.57. The predicted octanol–water partition coefficient (Wildman–Crippen LogP) is 1.28. The van der Waals surface area contributed by atoms with Gasteiger partial charge in [-0.2, -0.15) is 0 Å². The first kappa shape index (κ1) is 12.3. The van der Waals surface area contributed by atoms with Crippen LogP contribution >= 0.6 is 0 Å². The summed E-state index contributed by atoms with van der Waals surface area (Å²) in [5.41, 5.74) is 6.39. The number of likely N-dealkylation sites (N-methyl/N-ethyl adjacent to an activating group) is 1. The average molecular weight is 225 g/mol. The van der Waals surface area contributed by atoms with Crippen molar-refractivity contribution in [1.29, 1.82) is 0 Å². The van der Waals surface area contributed by atoms with Crippen LogP contribution in [0.1, 0.15) is 39.5 Å². The summed E-state index contributed by atoms with van der Waals surface area (Å²) in [5.74, 6) is 0. The molecule has 0 saturated carbocycles. The molecule has 2 N–H and O–H groups in total. The van der Waals surface area contributed by atoms with Crippen molar-refractivity contribution in [2.75, 3.05) is 26.7 Å². The molecular formula is C13H27N3. The van der Waals surface area contributed by atoms with Crippen LogP contribution in [0.25, 0.3) is 0 Å². The first-order valence-electron chi connectivity index (χ1n) is 6.79. The first-order chi connectivity index (χ1) is 7.62. The molecular weight excluding hydrogens is 198 g/mol. The van der Waals surface area contributed by atoms with Crippen molar-refractivity contribution in [2.45, 2.75) is 57.2 Å².